The maximum atomic E-state index is 13.2. The van der Waals surface area contributed by atoms with Crippen LogP contribution in [-0.2, 0) is 11.3 Å². The number of carbonyl (C=O) groups is 1. The Balaban J connectivity index is 1.55. The Morgan fingerprint density at radius 1 is 1.16 bits per heavy atom. The molecule has 1 aliphatic carbocycles. The van der Waals surface area contributed by atoms with E-state index < -0.39 is 0 Å². The van der Waals surface area contributed by atoms with E-state index >= 15 is 0 Å². The number of carbonyl (C=O) groups excluding carboxylic acids is 1. The molecule has 2 fully saturated rings. The van der Waals surface area contributed by atoms with Crippen molar-refractivity contribution in [3.05, 3.63) is 53.7 Å². The third-order valence-electron chi connectivity index (χ3n) is 5.23. The summed E-state index contributed by atoms with van der Waals surface area (Å²) in [5, 5.41) is 0. The van der Waals surface area contributed by atoms with Crippen LogP contribution in [0, 0.1) is 5.92 Å². The van der Waals surface area contributed by atoms with E-state index in [4.69, 9.17) is 9.15 Å². The predicted molar refractivity (Wildman–Crippen MR) is 93.0 cm³/mol. The largest absolute Gasteiger partial charge is 0.445 e. The first-order valence-electron chi connectivity index (χ1n) is 9.19. The minimum atomic E-state index is -0.135. The van der Waals surface area contributed by atoms with E-state index in [2.05, 4.69) is 17.1 Å². The number of rotatable bonds is 6. The summed E-state index contributed by atoms with van der Waals surface area (Å²) in [5.74, 6) is 1.15. The van der Waals surface area contributed by atoms with Gasteiger partial charge in [-0.1, -0.05) is 36.8 Å². The molecule has 1 saturated heterocycles. The summed E-state index contributed by atoms with van der Waals surface area (Å²) in [5.41, 5.74) is 1.56. The third-order valence-corrected chi connectivity index (χ3v) is 5.23. The van der Waals surface area contributed by atoms with Crippen LogP contribution in [0.25, 0.3) is 0 Å². The molecule has 2 aromatic rings. The molecule has 5 heteroatoms. The monoisotopic (exact) mass is 340 g/mol. The number of ether oxygens (including phenoxy) is 1. The molecule has 0 radical (unpaired) electrons. The van der Waals surface area contributed by atoms with Crippen LogP contribution in [0.2, 0.25) is 0 Å². The normalized spacial score (nSPS) is 20.4. The smallest absolute Gasteiger partial charge is 0.276 e. The van der Waals surface area contributed by atoms with Crippen molar-refractivity contribution in [2.75, 3.05) is 13.2 Å². The van der Waals surface area contributed by atoms with Gasteiger partial charge in [-0.2, -0.15) is 0 Å². The number of oxazole rings is 1. The van der Waals surface area contributed by atoms with Crippen molar-refractivity contribution >= 4 is 5.91 Å². The standard InChI is InChI=1S/C20H24N2O3/c23-20(18-19(25-14-21-18)17-10-5-11-24-17)22(13-16-8-4-9-16)12-15-6-2-1-3-7-15/h1-3,6-7,14,16-17H,4-5,8-13H2. The Bertz CT molecular complexity index is 703. The highest BCUT2D eigenvalue weighted by Gasteiger charge is 2.32. The van der Waals surface area contributed by atoms with Gasteiger partial charge < -0.3 is 14.1 Å². The second-order valence-electron chi connectivity index (χ2n) is 7.04. The van der Waals surface area contributed by atoms with Crippen LogP contribution in [0.3, 0.4) is 0 Å². The van der Waals surface area contributed by atoms with E-state index in [1.807, 2.05) is 23.1 Å². The van der Waals surface area contributed by atoms with Gasteiger partial charge in [0, 0.05) is 19.7 Å². The van der Waals surface area contributed by atoms with Crippen LogP contribution in [-0.4, -0.2) is 28.9 Å². The molecule has 2 heterocycles. The zero-order chi connectivity index (χ0) is 17.1. The number of hydrogen-bond donors (Lipinski definition) is 0. The molecule has 1 atom stereocenters. The maximum Gasteiger partial charge on any atom is 0.276 e. The minimum Gasteiger partial charge on any atom is -0.445 e. The molecule has 1 aliphatic heterocycles. The topological polar surface area (TPSA) is 55.6 Å². The third kappa shape index (κ3) is 3.61. The van der Waals surface area contributed by atoms with Crippen LogP contribution in [0.1, 0.15) is 60.0 Å². The number of amides is 1. The fraction of sp³-hybridized carbons (Fsp3) is 0.500. The van der Waals surface area contributed by atoms with E-state index in [0.717, 1.165) is 31.6 Å². The lowest BCUT2D eigenvalue weighted by Crippen LogP contribution is -2.37. The van der Waals surface area contributed by atoms with Crippen LogP contribution in [0.5, 0.6) is 0 Å². The van der Waals surface area contributed by atoms with E-state index in [9.17, 15) is 4.79 Å². The highest BCUT2D eigenvalue weighted by Crippen LogP contribution is 2.32. The van der Waals surface area contributed by atoms with Crippen LogP contribution < -0.4 is 0 Å². The molecule has 1 aromatic carbocycles. The average molecular weight is 340 g/mol. The molecular formula is C20H24N2O3. The van der Waals surface area contributed by atoms with Gasteiger partial charge >= 0.3 is 0 Å². The lowest BCUT2D eigenvalue weighted by Gasteiger charge is -2.32. The molecule has 0 bridgehead atoms. The van der Waals surface area contributed by atoms with Gasteiger partial charge in [-0.05, 0) is 37.2 Å². The van der Waals surface area contributed by atoms with Crippen molar-refractivity contribution in [3.63, 3.8) is 0 Å². The molecule has 0 spiro atoms. The highest BCUT2D eigenvalue weighted by atomic mass is 16.5. The highest BCUT2D eigenvalue weighted by molar-refractivity contribution is 5.93. The van der Waals surface area contributed by atoms with Gasteiger partial charge in [0.2, 0.25) is 0 Å². The molecule has 25 heavy (non-hydrogen) atoms. The lowest BCUT2D eigenvalue weighted by atomic mass is 9.85. The molecule has 1 unspecified atom stereocenters. The van der Waals surface area contributed by atoms with Crippen molar-refractivity contribution in [1.29, 1.82) is 0 Å². The summed E-state index contributed by atoms with van der Waals surface area (Å²) < 4.78 is 11.2. The second kappa shape index (κ2) is 7.40. The molecule has 4 rings (SSSR count). The number of aromatic nitrogens is 1. The van der Waals surface area contributed by atoms with Gasteiger partial charge in [0.1, 0.15) is 6.10 Å². The molecule has 1 aromatic heterocycles. The Kier molecular flexibility index (Phi) is 4.83. The molecule has 0 N–H and O–H groups in total. The number of nitrogens with zero attached hydrogens (tertiary/aromatic N) is 2. The Labute approximate surface area is 148 Å². The Morgan fingerprint density at radius 3 is 2.68 bits per heavy atom. The fourth-order valence-electron chi connectivity index (χ4n) is 3.59. The van der Waals surface area contributed by atoms with Crippen LogP contribution >= 0.6 is 0 Å². The van der Waals surface area contributed by atoms with Gasteiger partial charge in [0.25, 0.3) is 5.91 Å². The zero-order valence-corrected chi connectivity index (χ0v) is 14.4. The first kappa shape index (κ1) is 16.3. The van der Waals surface area contributed by atoms with Crippen molar-refractivity contribution in [3.8, 4) is 0 Å². The van der Waals surface area contributed by atoms with Crippen LogP contribution in [0.15, 0.2) is 41.1 Å². The molecule has 2 aliphatic rings. The number of hydrogen-bond acceptors (Lipinski definition) is 4. The summed E-state index contributed by atoms with van der Waals surface area (Å²) in [6.07, 6.45) is 6.79. The molecule has 1 saturated carbocycles. The van der Waals surface area contributed by atoms with Gasteiger partial charge in [-0.15, -0.1) is 0 Å². The fourth-order valence-corrected chi connectivity index (χ4v) is 3.59. The zero-order valence-electron chi connectivity index (χ0n) is 14.4. The molecular weight excluding hydrogens is 316 g/mol. The van der Waals surface area contributed by atoms with Crippen LogP contribution in [0.4, 0.5) is 0 Å². The van der Waals surface area contributed by atoms with Gasteiger partial charge in [0.05, 0.1) is 0 Å². The average Bonchev–Trinajstić information content (AvgIpc) is 3.27. The summed E-state index contributed by atoms with van der Waals surface area (Å²) in [4.78, 5) is 19.4. The van der Waals surface area contributed by atoms with E-state index in [0.29, 0.717) is 23.9 Å². The van der Waals surface area contributed by atoms with Crippen molar-refractivity contribution < 1.29 is 13.9 Å². The molecule has 1 amide bonds. The quantitative estimate of drug-likeness (QED) is 0.798. The van der Waals surface area contributed by atoms with E-state index in [-0.39, 0.29) is 12.0 Å². The molecule has 132 valence electrons. The summed E-state index contributed by atoms with van der Waals surface area (Å²) in [6.45, 7) is 2.11. The first-order valence-corrected chi connectivity index (χ1v) is 9.19. The molecule has 5 nitrogen and oxygen atoms in total. The maximum absolute atomic E-state index is 13.2. The van der Waals surface area contributed by atoms with E-state index in [1.165, 1.54) is 25.7 Å². The van der Waals surface area contributed by atoms with Crippen molar-refractivity contribution in [2.45, 2.75) is 44.8 Å². The number of benzene rings is 1. The predicted octanol–water partition coefficient (Wildman–Crippen LogP) is 3.97. The van der Waals surface area contributed by atoms with Gasteiger partial charge in [0.15, 0.2) is 17.8 Å². The Hall–Kier alpha value is -2.14. The van der Waals surface area contributed by atoms with E-state index in [1.54, 1.807) is 0 Å². The van der Waals surface area contributed by atoms with Crippen molar-refractivity contribution in [2.24, 2.45) is 5.92 Å². The lowest BCUT2D eigenvalue weighted by molar-refractivity contribution is 0.0647. The summed E-state index contributed by atoms with van der Waals surface area (Å²) in [7, 11) is 0. The van der Waals surface area contributed by atoms with Gasteiger partial charge in [-0.25, -0.2) is 4.98 Å². The summed E-state index contributed by atoms with van der Waals surface area (Å²) >= 11 is 0. The first-order chi connectivity index (χ1) is 12.3. The van der Waals surface area contributed by atoms with Crippen molar-refractivity contribution in [1.82, 2.24) is 9.88 Å². The second-order valence-corrected chi connectivity index (χ2v) is 7.04. The Morgan fingerprint density at radius 2 is 2.00 bits per heavy atom. The summed E-state index contributed by atoms with van der Waals surface area (Å²) in [6, 6.07) is 10.1. The van der Waals surface area contributed by atoms with Gasteiger partial charge in [-0.3, -0.25) is 4.79 Å². The SMILES string of the molecule is O=C(c1ncoc1C1CCCO1)N(Cc1ccccc1)CC1CCC1. The minimum absolute atomic E-state index is 0.0463.